The highest BCUT2D eigenvalue weighted by molar-refractivity contribution is 8.03. The number of benzene rings is 2. The summed E-state index contributed by atoms with van der Waals surface area (Å²) in [6.45, 7) is 16.5. The maximum absolute atomic E-state index is 2.65. The van der Waals surface area contributed by atoms with Gasteiger partial charge in [-0.05, 0) is 57.5 Å². The van der Waals surface area contributed by atoms with Crippen LogP contribution in [0.25, 0.3) is 0 Å². The number of fused-ring (bicyclic) bond motifs is 2. The second-order valence-corrected chi connectivity index (χ2v) is 16.0. The van der Waals surface area contributed by atoms with E-state index >= 15 is 0 Å². The van der Waals surface area contributed by atoms with Crippen molar-refractivity contribution >= 4 is 34.9 Å². The lowest BCUT2D eigenvalue weighted by Gasteiger charge is -2.36. The highest BCUT2D eigenvalue weighted by Gasteiger charge is 2.29. The Morgan fingerprint density at radius 2 is 1.17 bits per heavy atom. The van der Waals surface area contributed by atoms with Crippen LogP contribution in [0.4, 0.5) is 11.4 Å². The van der Waals surface area contributed by atoms with Gasteiger partial charge in [0.25, 0.3) is 0 Å². The van der Waals surface area contributed by atoms with Crippen LogP contribution in [-0.2, 0) is 0 Å². The molecule has 0 fully saturated rings. The van der Waals surface area contributed by atoms with E-state index in [0.29, 0.717) is 5.37 Å². The van der Waals surface area contributed by atoms with Crippen molar-refractivity contribution in [3.8, 4) is 0 Å². The van der Waals surface area contributed by atoms with Gasteiger partial charge in [-0.15, -0.1) is 0 Å². The Kier molecular flexibility index (Phi) is 17.2. The molecule has 4 rings (SSSR count). The van der Waals surface area contributed by atoms with E-state index in [4.69, 9.17) is 0 Å². The van der Waals surface area contributed by atoms with Crippen LogP contribution in [0.2, 0.25) is 0 Å². The third-order valence-electron chi connectivity index (χ3n) is 10.7. The Balaban J connectivity index is 1.25. The van der Waals surface area contributed by atoms with Gasteiger partial charge in [-0.25, -0.2) is 0 Å². The Labute approximate surface area is 298 Å². The van der Waals surface area contributed by atoms with E-state index in [1.807, 2.05) is 23.5 Å². The first-order valence-electron chi connectivity index (χ1n) is 19.4. The molecule has 2 aliphatic rings. The molecule has 0 N–H and O–H groups in total. The van der Waals surface area contributed by atoms with Crippen LogP contribution < -0.4 is 9.80 Å². The monoisotopic (exact) mass is 676 g/mol. The van der Waals surface area contributed by atoms with Crippen LogP contribution >= 0.6 is 23.5 Å². The number of hydrogen-bond donors (Lipinski definition) is 0. The number of para-hydroxylation sites is 2. The quantitative estimate of drug-likeness (QED) is 0.0806. The van der Waals surface area contributed by atoms with E-state index < -0.39 is 0 Å². The van der Waals surface area contributed by atoms with Gasteiger partial charge in [0.05, 0.1) is 48.0 Å². The van der Waals surface area contributed by atoms with E-state index in [1.165, 1.54) is 153 Å². The van der Waals surface area contributed by atoms with Gasteiger partial charge < -0.3 is 14.3 Å². The van der Waals surface area contributed by atoms with Crippen molar-refractivity contribution in [3.05, 3.63) is 71.8 Å². The lowest BCUT2D eigenvalue weighted by molar-refractivity contribution is -0.923. The van der Waals surface area contributed by atoms with Gasteiger partial charge in [0.2, 0.25) is 0 Å². The van der Waals surface area contributed by atoms with Crippen molar-refractivity contribution in [1.29, 1.82) is 0 Å². The van der Waals surface area contributed by atoms with E-state index in [0.717, 1.165) is 13.1 Å². The molecule has 1 atom stereocenters. The summed E-state index contributed by atoms with van der Waals surface area (Å²) in [5.41, 5.74) is 2.80. The minimum atomic E-state index is 0.351. The zero-order chi connectivity index (χ0) is 33.2. The van der Waals surface area contributed by atoms with Gasteiger partial charge in [0.15, 0.2) is 0 Å². The molecule has 0 saturated carbocycles. The summed E-state index contributed by atoms with van der Waals surface area (Å²) in [6.07, 6.45) is 28.1. The molecule has 260 valence electrons. The highest BCUT2D eigenvalue weighted by atomic mass is 32.2. The van der Waals surface area contributed by atoms with Gasteiger partial charge in [-0.3, -0.25) is 0 Å². The summed E-state index contributed by atoms with van der Waals surface area (Å²) in [7, 11) is 0. The lowest BCUT2D eigenvalue weighted by Crippen LogP contribution is -2.49. The summed E-state index contributed by atoms with van der Waals surface area (Å²) in [5, 5.41) is 1.73. The highest BCUT2D eigenvalue weighted by Crippen LogP contribution is 2.46. The lowest BCUT2D eigenvalue weighted by atomic mass is 10.0. The van der Waals surface area contributed by atoms with Gasteiger partial charge in [-0.2, -0.15) is 0 Å². The van der Waals surface area contributed by atoms with Crippen LogP contribution in [0.15, 0.2) is 81.6 Å². The SMILES string of the molecule is CCCCCCCCCCCCCCCCN1C(=CC=CC2Sc3ccccc3N2CCC[N+](CC)(CC)CC)Sc2ccccc21. The minimum absolute atomic E-state index is 0.351. The van der Waals surface area contributed by atoms with Gasteiger partial charge in [0.1, 0.15) is 0 Å². The number of thioether (sulfide) groups is 2. The zero-order valence-electron chi connectivity index (χ0n) is 30.4. The molecule has 0 saturated heterocycles. The number of allylic oxidation sites excluding steroid dienone is 2. The number of nitrogens with zero attached hydrogens (tertiary/aromatic N) is 3. The molecule has 0 radical (unpaired) electrons. The number of anilines is 2. The summed E-state index contributed by atoms with van der Waals surface area (Å²) < 4.78 is 1.22. The third-order valence-corrected chi connectivity index (χ3v) is 13.0. The van der Waals surface area contributed by atoms with Crippen molar-refractivity contribution < 1.29 is 4.48 Å². The Morgan fingerprint density at radius 1 is 0.617 bits per heavy atom. The van der Waals surface area contributed by atoms with Crippen LogP contribution in [0, 0.1) is 0 Å². The van der Waals surface area contributed by atoms with Crippen molar-refractivity contribution in [2.75, 3.05) is 49.1 Å². The van der Waals surface area contributed by atoms with Crippen LogP contribution in [-0.4, -0.2) is 49.1 Å². The van der Waals surface area contributed by atoms with E-state index in [-0.39, 0.29) is 0 Å². The topological polar surface area (TPSA) is 6.48 Å². The number of unbranched alkanes of at least 4 members (excludes halogenated alkanes) is 13. The largest absolute Gasteiger partial charge is 0.355 e. The first kappa shape index (κ1) is 38.0. The van der Waals surface area contributed by atoms with Gasteiger partial charge >= 0.3 is 0 Å². The Bertz CT molecular complexity index is 1210. The number of rotatable bonds is 24. The fourth-order valence-corrected chi connectivity index (χ4v) is 9.68. The second-order valence-electron chi connectivity index (χ2n) is 13.7. The van der Waals surface area contributed by atoms with E-state index in [1.54, 1.807) is 0 Å². The smallest absolute Gasteiger partial charge is 0.0985 e. The molecule has 0 amide bonds. The molecule has 5 heteroatoms. The minimum Gasteiger partial charge on any atom is -0.355 e. The van der Waals surface area contributed by atoms with Crippen molar-refractivity contribution in [2.45, 2.75) is 139 Å². The second kappa shape index (κ2) is 21.3. The standard InChI is InChI=1S/C42H66N3S2/c1-5-9-10-11-12-13-14-15-16-17-18-19-20-25-34-43-37-28-21-23-30-39(37)46-41(43)32-26-33-42-44(38-29-22-24-31-40(38)47-42)35-27-36-45(6-2,7-3)8-4/h21-24,26,28-33,42H,5-20,25,27,34-36H2,1-4H3/q+1. The predicted molar refractivity (Wildman–Crippen MR) is 212 cm³/mol. The van der Waals surface area contributed by atoms with Crippen molar-refractivity contribution in [3.63, 3.8) is 0 Å². The van der Waals surface area contributed by atoms with Gasteiger partial charge in [-0.1, -0.05) is 150 Å². The molecule has 47 heavy (non-hydrogen) atoms. The van der Waals surface area contributed by atoms with Crippen molar-refractivity contribution in [1.82, 2.24) is 0 Å². The molecule has 1 unspecified atom stereocenters. The molecule has 2 aliphatic heterocycles. The van der Waals surface area contributed by atoms with Crippen LogP contribution in [0.3, 0.4) is 0 Å². The Hall–Kier alpha value is -1.82. The molecular formula is C42H66N3S2+. The molecule has 2 aromatic carbocycles. The van der Waals surface area contributed by atoms with Crippen molar-refractivity contribution in [2.24, 2.45) is 0 Å². The summed E-state index contributed by atoms with van der Waals surface area (Å²) in [4.78, 5) is 8.04. The molecule has 3 nitrogen and oxygen atoms in total. The molecular weight excluding hydrogens is 611 g/mol. The molecule has 2 aromatic rings. The first-order chi connectivity index (χ1) is 23.1. The van der Waals surface area contributed by atoms with Crippen LogP contribution in [0.5, 0.6) is 0 Å². The summed E-state index contributed by atoms with van der Waals surface area (Å²) >= 11 is 3.95. The predicted octanol–water partition coefficient (Wildman–Crippen LogP) is 12.7. The molecule has 0 aromatic heterocycles. The molecule has 0 spiro atoms. The Morgan fingerprint density at radius 3 is 1.79 bits per heavy atom. The fraction of sp³-hybridized carbons (Fsp3) is 0.619. The fourth-order valence-electron chi connectivity index (χ4n) is 7.34. The van der Waals surface area contributed by atoms with Crippen LogP contribution in [0.1, 0.15) is 124 Å². The number of quaternary nitrogens is 1. The zero-order valence-corrected chi connectivity index (χ0v) is 32.1. The number of hydrogen-bond acceptors (Lipinski definition) is 4. The molecule has 0 bridgehead atoms. The first-order valence-corrected chi connectivity index (χ1v) is 21.1. The summed E-state index contributed by atoms with van der Waals surface area (Å²) in [5.74, 6) is 0. The maximum atomic E-state index is 2.65. The van der Waals surface area contributed by atoms with Gasteiger partial charge in [0, 0.05) is 29.3 Å². The molecule has 0 aliphatic carbocycles. The maximum Gasteiger partial charge on any atom is 0.0985 e. The van der Waals surface area contributed by atoms with E-state index in [9.17, 15) is 0 Å². The molecule has 2 heterocycles. The van der Waals surface area contributed by atoms with E-state index in [2.05, 4.69) is 104 Å². The third kappa shape index (κ3) is 11.6. The average Bonchev–Trinajstić information content (AvgIpc) is 3.64. The average molecular weight is 677 g/mol. The normalized spacial score (nSPS) is 16.9. The summed E-state index contributed by atoms with van der Waals surface area (Å²) in [6, 6.07) is 18.0.